The zero-order chi connectivity index (χ0) is 17.5. The van der Waals surface area contributed by atoms with Crippen molar-refractivity contribution < 1.29 is 19.0 Å². The maximum Gasteiger partial charge on any atom is 0.260 e. The van der Waals surface area contributed by atoms with Gasteiger partial charge in [-0.25, -0.2) is 0 Å². The van der Waals surface area contributed by atoms with E-state index in [-0.39, 0.29) is 12.5 Å². The minimum Gasteiger partial charge on any atom is -0.497 e. The highest BCUT2D eigenvalue weighted by Crippen LogP contribution is 2.25. The summed E-state index contributed by atoms with van der Waals surface area (Å²) >= 11 is 0. The Morgan fingerprint density at radius 2 is 1.67 bits per heavy atom. The number of ether oxygens (including phenoxy) is 3. The maximum atomic E-state index is 12.2. The van der Waals surface area contributed by atoms with Crippen molar-refractivity contribution in [1.29, 1.82) is 0 Å². The third-order valence-electron chi connectivity index (χ3n) is 3.71. The molecule has 2 aromatic rings. The van der Waals surface area contributed by atoms with Crippen LogP contribution >= 0.6 is 0 Å². The van der Waals surface area contributed by atoms with Gasteiger partial charge in [-0.15, -0.1) is 0 Å². The summed E-state index contributed by atoms with van der Waals surface area (Å²) in [6.07, 6.45) is 0. The fourth-order valence-corrected chi connectivity index (χ4v) is 2.22. The second kappa shape index (κ2) is 8.24. The molecular formula is C19H23NO4. The highest BCUT2D eigenvalue weighted by Gasteiger charge is 2.13. The van der Waals surface area contributed by atoms with E-state index in [0.29, 0.717) is 23.8 Å². The van der Waals surface area contributed by atoms with E-state index in [1.54, 1.807) is 32.2 Å². The summed E-state index contributed by atoms with van der Waals surface area (Å²) in [4.78, 5) is 13.9. The Morgan fingerprint density at radius 1 is 1.00 bits per heavy atom. The SMILES string of the molecule is COc1ccc(CN(C)C(=O)COc2ccc(C)cc2)c(OC)c1. The number of likely N-dealkylation sites (N-methyl/N-ethyl adjacent to an activating group) is 1. The molecule has 0 saturated carbocycles. The number of hydrogen-bond acceptors (Lipinski definition) is 4. The van der Waals surface area contributed by atoms with Crippen LogP contribution < -0.4 is 14.2 Å². The summed E-state index contributed by atoms with van der Waals surface area (Å²) in [5.41, 5.74) is 2.06. The molecule has 0 aromatic heterocycles. The van der Waals surface area contributed by atoms with E-state index in [1.165, 1.54) is 0 Å². The van der Waals surface area contributed by atoms with Gasteiger partial charge in [-0.3, -0.25) is 4.79 Å². The molecule has 0 aliphatic heterocycles. The number of aryl methyl sites for hydroxylation is 1. The van der Waals surface area contributed by atoms with E-state index in [0.717, 1.165) is 11.1 Å². The van der Waals surface area contributed by atoms with Gasteiger partial charge in [0, 0.05) is 25.2 Å². The molecule has 0 spiro atoms. The molecule has 0 radical (unpaired) electrons. The lowest BCUT2D eigenvalue weighted by molar-refractivity contribution is -0.132. The fraction of sp³-hybridized carbons (Fsp3) is 0.316. The topological polar surface area (TPSA) is 48.0 Å². The van der Waals surface area contributed by atoms with Crippen molar-refractivity contribution in [3.05, 3.63) is 53.6 Å². The van der Waals surface area contributed by atoms with Crippen molar-refractivity contribution in [2.75, 3.05) is 27.9 Å². The molecule has 128 valence electrons. The summed E-state index contributed by atoms with van der Waals surface area (Å²) in [5, 5.41) is 0. The molecule has 1 amide bonds. The Morgan fingerprint density at radius 3 is 2.29 bits per heavy atom. The number of hydrogen-bond donors (Lipinski definition) is 0. The summed E-state index contributed by atoms with van der Waals surface area (Å²) < 4.78 is 16.1. The third kappa shape index (κ3) is 4.65. The molecule has 5 heteroatoms. The number of amides is 1. The maximum absolute atomic E-state index is 12.2. The van der Waals surface area contributed by atoms with Gasteiger partial charge in [0.25, 0.3) is 5.91 Å². The Labute approximate surface area is 142 Å². The molecule has 5 nitrogen and oxygen atoms in total. The quantitative estimate of drug-likeness (QED) is 0.783. The van der Waals surface area contributed by atoms with Crippen molar-refractivity contribution in [1.82, 2.24) is 4.90 Å². The number of carbonyl (C=O) groups excluding carboxylic acids is 1. The molecule has 0 aliphatic rings. The predicted octanol–water partition coefficient (Wildman–Crippen LogP) is 3.05. The van der Waals surface area contributed by atoms with Gasteiger partial charge in [-0.2, -0.15) is 0 Å². The molecule has 24 heavy (non-hydrogen) atoms. The second-order valence-corrected chi connectivity index (χ2v) is 5.53. The number of nitrogens with zero attached hydrogens (tertiary/aromatic N) is 1. The number of benzene rings is 2. The Bertz CT molecular complexity index is 682. The van der Waals surface area contributed by atoms with Crippen molar-refractivity contribution in [3.63, 3.8) is 0 Å². The Kier molecular flexibility index (Phi) is 6.07. The molecule has 0 saturated heterocycles. The lowest BCUT2D eigenvalue weighted by atomic mass is 10.2. The number of rotatable bonds is 7. The molecule has 0 N–H and O–H groups in total. The average molecular weight is 329 g/mol. The predicted molar refractivity (Wildman–Crippen MR) is 92.7 cm³/mol. The highest BCUT2D eigenvalue weighted by molar-refractivity contribution is 5.77. The van der Waals surface area contributed by atoms with Crippen LogP contribution in [-0.2, 0) is 11.3 Å². The van der Waals surface area contributed by atoms with Crippen LogP contribution in [0.3, 0.4) is 0 Å². The van der Waals surface area contributed by atoms with Gasteiger partial charge in [-0.1, -0.05) is 17.7 Å². The average Bonchev–Trinajstić information content (AvgIpc) is 2.61. The minimum atomic E-state index is -0.103. The lowest BCUT2D eigenvalue weighted by Gasteiger charge is -2.19. The highest BCUT2D eigenvalue weighted by atomic mass is 16.5. The van der Waals surface area contributed by atoms with Gasteiger partial charge < -0.3 is 19.1 Å². The van der Waals surface area contributed by atoms with Crippen LogP contribution in [0, 0.1) is 6.92 Å². The summed E-state index contributed by atoms with van der Waals surface area (Å²) in [6.45, 7) is 2.44. The van der Waals surface area contributed by atoms with Crippen LogP contribution in [0.25, 0.3) is 0 Å². The van der Waals surface area contributed by atoms with E-state index in [1.807, 2.05) is 43.3 Å². The van der Waals surface area contributed by atoms with Gasteiger partial charge in [0.05, 0.1) is 14.2 Å². The van der Waals surface area contributed by atoms with Gasteiger partial charge in [0.2, 0.25) is 0 Å². The zero-order valence-corrected chi connectivity index (χ0v) is 14.5. The minimum absolute atomic E-state index is 0.00195. The van der Waals surface area contributed by atoms with Gasteiger partial charge >= 0.3 is 0 Å². The van der Waals surface area contributed by atoms with Crippen LogP contribution in [0.2, 0.25) is 0 Å². The molecule has 2 rings (SSSR count). The van der Waals surface area contributed by atoms with Gasteiger partial charge in [0.1, 0.15) is 17.2 Å². The first-order chi connectivity index (χ1) is 11.5. The summed E-state index contributed by atoms with van der Waals surface area (Å²) in [5.74, 6) is 1.98. The van der Waals surface area contributed by atoms with E-state index in [2.05, 4.69) is 0 Å². The van der Waals surface area contributed by atoms with Crippen LogP contribution in [0.5, 0.6) is 17.2 Å². The zero-order valence-electron chi connectivity index (χ0n) is 14.5. The smallest absolute Gasteiger partial charge is 0.260 e. The van der Waals surface area contributed by atoms with Crippen LogP contribution in [0.4, 0.5) is 0 Å². The van der Waals surface area contributed by atoms with Crippen LogP contribution in [0.1, 0.15) is 11.1 Å². The van der Waals surface area contributed by atoms with Crippen LogP contribution in [0.15, 0.2) is 42.5 Å². The van der Waals surface area contributed by atoms with E-state index >= 15 is 0 Å². The summed E-state index contributed by atoms with van der Waals surface area (Å²) in [6, 6.07) is 13.2. The first kappa shape index (κ1) is 17.7. The van der Waals surface area contributed by atoms with Gasteiger partial charge in [-0.05, 0) is 31.2 Å². The third-order valence-corrected chi connectivity index (χ3v) is 3.71. The standard InChI is InChI=1S/C19H23NO4/c1-14-5-8-16(9-6-14)24-13-19(21)20(2)12-15-7-10-17(22-3)11-18(15)23-4/h5-11H,12-13H2,1-4H3. The first-order valence-corrected chi connectivity index (χ1v) is 7.68. The molecule has 0 heterocycles. The van der Waals surface area contributed by atoms with E-state index in [9.17, 15) is 4.79 Å². The Hall–Kier alpha value is -2.69. The van der Waals surface area contributed by atoms with E-state index in [4.69, 9.17) is 14.2 Å². The van der Waals surface area contributed by atoms with Crippen LogP contribution in [-0.4, -0.2) is 38.7 Å². The van der Waals surface area contributed by atoms with E-state index < -0.39 is 0 Å². The summed E-state index contributed by atoms with van der Waals surface area (Å²) in [7, 11) is 4.94. The monoisotopic (exact) mass is 329 g/mol. The lowest BCUT2D eigenvalue weighted by Crippen LogP contribution is -2.31. The molecule has 0 bridgehead atoms. The largest absolute Gasteiger partial charge is 0.497 e. The normalized spacial score (nSPS) is 10.2. The number of methoxy groups -OCH3 is 2. The fourth-order valence-electron chi connectivity index (χ4n) is 2.22. The second-order valence-electron chi connectivity index (χ2n) is 5.53. The molecule has 0 atom stereocenters. The first-order valence-electron chi connectivity index (χ1n) is 7.68. The molecule has 0 fully saturated rings. The Balaban J connectivity index is 1.94. The van der Waals surface area contributed by atoms with Crippen molar-refractivity contribution in [2.45, 2.75) is 13.5 Å². The molecule has 2 aromatic carbocycles. The van der Waals surface area contributed by atoms with Crippen molar-refractivity contribution in [3.8, 4) is 17.2 Å². The molecule has 0 unspecified atom stereocenters. The molecule has 0 aliphatic carbocycles. The van der Waals surface area contributed by atoms with Crippen molar-refractivity contribution in [2.24, 2.45) is 0 Å². The van der Waals surface area contributed by atoms with Crippen molar-refractivity contribution >= 4 is 5.91 Å². The molecular weight excluding hydrogens is 306 g/mol. The number of carbonyl (C=O) groups is 1. The van der Waals surface area contributed by atoms with Gasteiger partial charge in [0.15, 0.2) is 6.61 Å².